The zero-order valence-electron chi connectivity index (χ0n) is 11.1. The summed E-state index contributed by atoms with van der Waals surface area (Å²) in [5, 5.41) is 2.99. The Balaban J connectivity index is 1.70. The lowest BCUT2D eigenvalue weighted by Gasteiger charge is -2.23. The van der Waals surface area contributed by atoms with Crippen molar-refractivity contribution in [2.45, 2.75) is 25.3 Å². The molecule has 0 aliphatic carbocycles. The van der Waals surface area contributed by atoms with E-state index in [0.717, 1.165) is 12.2 Å². The molecule has 1 fully saturated rings. The lowest BCUT2D eigenvalue weighted by atomic mass is 10.0. The van der Waals surface area contributed by atoms with Crippen LogP contribution >= 0.6 is 0 Å². The van der Waals surface area contributed by atoms with Crippen LogP contribution in [0.3, 0.4) is 0 Å². The summed E-state index contributed by atoms with van der Waals surface area (Å²) in [6.07, 6.45) is 1.19. The lowest BCUT2D eigenvalue weighted by molar-refractivity contribution is -0.123. The van der Waals surface area contributed by atoms with Crippen LogP contribution in [0.25, 0.3) is 0 Å². The minimum absolute atomic E-state index is 0.0107. The third kappa shape index (κ3) is 4.13. The number of anilines is 1. The number of rotatable bonds is 5. The van der Waals surface area contributed by atoms with Crippen LogP contribution in [0.5, 0.6) is 5.75 Å². The van der Waals surface area contributed by atoms with E-state index in [2.05, 4.69) is 5.32 Å². The second-order valence-electron chi connectivity index (χ2n) is 5.08. The molecular formula is C14H20N2O3. The fraction of sp³-hybridized carbons (Fsp3) is 0.500. The van der Waals surface area contributed by atoms with E-state index in [1.165, 1.54) is 0 Å². The molecule has 1 atom stereocenters. The summed E-state index contributed by atoms with van der Waals surface area (Å²) in [6.45, 7) is 3.64. The highest BCUT2D eigenvalue weighted by atomic mass is 16.5. The third-order valence-electron chi connectivity index (χ3n) is 3.14. The molecule has 5 heteroatoms. The Hall–Kier alpha value is -1.75. The van der Waals surface area contributed by atoms with Crippen molar-refractivity contribution in [2.75, 3.05) is 25.6 Å². The Morgan fingerprint density at radius 3 is 2.84 bits per heavy atom. The molecule has 1 amide bonds. The third-order valence-corrected chi connectivity index (χ3v) is 3.14. The van der Waals surface area contributed by atoms with Crippen LogP contribution in [0.1, 0.15) is 19.8 Å². The van der Waals surface area contributed by atoms with Gasteiger partial charge in [0.25, 0.3) is 0 Å². The first-order valence-corrected chi connectivity index (χ1v) is 6.44. The van der Waals surface area contributed by atoms with E-state index >= 15 is 0 Å². The Labute approximate surface area is 113 Å². The van der Waals surface area contributed by atoms with Crippen molar-refractivity contribution in [2.24, 2.45) is 0 Å². The molecule has 1 aromatic rings. The van der Waals surface area contributed by atoms with Gasteiger partial charge in [0, 0.05) is 12.3 Å². The van der Waals surface area contributed by atoms with E-state index in [1.807, 2.05) is 6.92 Å². The first-order valence-electron chi connectivity index (χ1n) is 6.44. The van der Waals surface area contributed by atoms with Crippen molar-refractivity contribution in [3.8, 4) is 5.75 Å². The number of nitrogen functional groups attached to an aromatic ring is 1. The van der Waals surface area contributed by atoms with Crippen molar-refractivity contribution >= 4 is 11.6 Å². The molecule has 1 aliphatic heterocycles. The summed E-state index contributed by atoms with van der Waals surface area (Å²) in [5.41, 5.74) is 6.05. The van der Waals surface area contributed by atoms with Crippen LogP contribution in [-0.4, -0.2) is 31.3 Å². The summed E-state index contributed by atoms with van der Waals surface area (Å²) in [7, 11) is 0. The molecule has 0 aromatic heterocycles. The highest BCUT2D eigenvalue weighted by molar-refractivity contribution is 5.76. The SMILES string of the molecule is CC1(NC(=O)CCOc2ccc(N)cc2)CCOC1. The van der Waals surface area contributed by atoms with Crippen molar-refractivity contribution in [1.29, 1.82) is 0 Å². The summed E-state index contributed by atoms with van der Waals surface area (Å²) in [4.78, 5) is 11.8. The summed E-state index contributed by atoms with van der Waals surface area (Å²) in [6, 6.07) is 7.12. The monoisotopic (exact) mass is 264 g/mol. The van der Waals surface area contributed by atoms with E-state index < -0.39 is 0 Å². The summed E-state index contributed by atoms with van der Waals surface area (Å²) < 4.78 is 10.8. The molecule has 0 saturated carbocycles. The fourth-order valence-corrected chi connectivity index (χ4v) is 1.99. The topological polar surface area (TPSA) is 73.6 Å². The van der Waals surface area contributed by atoms with Crippen LogP contribution in [0.2, 0.25) is 0 Å². The maximum atomic E-state index is 11.8. The molecule has 1 aromatic carbocycles. The number of nitrogens with one attached hydrogen (secondary N) is 1. The van der Waals surface area contributed by atoms with Gasteiger partial charge in [-0.3, -0.25) is 4.79 Å². The van der Waals surface area contributed by atoms with Crippen LogP contribution in [0.4, 0.5) is 5.69 Å². The second-order valence-corrected chi connectivity index (χ2v) is 5.08. The molecule has 1 unspecified atom stereocenters. The summed E-state index contributed by atoms with van der Waals surface area (Å²) >= 11 is 0. The molecule has 3 N–H and O–H groups in total. The van der Waals surface area contributed by atoms with Gasteiger partial charge in [0.2, 0.25) is 5.91 Å². The van der Waals surface area contributed by atoms with Crippen LogP contribution in [0, 0.1) is 0 Å². The first-order chi connectivity index (χ1) is 9.07. The molecule has 1 saturated heterocycles. The molecule has 19 heavy (non-hydrogen) atoms. The largest absolute Gasteiger partial charge is 0.493 e. The molecule has 0 bridgehead atoms. The zero-order valence-corrected chi connectivity index (χ0v) is 11.1. The maximum Gasteiger partial charge on any atom is 0.223 e. The molecule has 2 rings (SSSR count). The number of amides is 1. The normalized spacial score (nSPS) is 22.2. The highest BCUT2D eigenvalue weighted by Gasteiger charge is 2.30. The van der Waals surface area contributed by atoms with E-state index in [4.69, 9.17) is 15.2 Å². The van der Waals surface area contributed by atoms with Gasteiger partial charge in [0.05, 0.1) is 25.2 Å². The minimum atomic E-state index is -0.224. The van der Waals surface area contributed by atoms with Crippen molar-refractivity contribution < 1.29 is 14.3 Å². The Morgan fingerprint density at radius 2 is 2.21 bits per heavy atom. The van der Waals surface area contributed by atoms with E-state index in [0.29, 0.717) is 31.9 Å². The number of carbonyl (C=O) groups is 1. The van der Waals surface area contributed by atoms with Gasteiger partial charge in [-0.25, -0.2) is 0 Å². The van der Waals surface area contributed by atoms with Crippen molar-refractivity contribution in [3.63, 3.8) is 0 Å². The van der Waals surface area contributed by atoms with Crippen LogP contribution in [0.15, 0.2) is 24.3 Å². The molecule has 104 valence electrons. The van der Waals surface area contributed by atoms with Gasteiger partial charge in [-0.05, 0) is 37.6 Å². The van der Waals surface area contributed by atoms with Crippen LogP contribution < -0.4 is 15.8 Å². The second kappa shape index (κ2) is 5.93. The Morgan fingerprint density at radius 1 is 1.47 bits per heavy atom. The molecule has 1 heterocycles. The van der Waals surface area contributed by atoms with E-state index in [1.54, 1.807) is 24.3 Å². The molecule has 1 aliphatic rings. The predicted octanol–water partition coefficient (Wildman–Crippen LogP) is 1.33. The van der Waals surface area contributed by atoms with E-state index in [-0.39, 0.29) is 11.4 Å². The molecule has 0 radical (unpaired) electrons. The smallest absolute Gasteiger partial charge is 0.223 e. The summed E-state index contributed by atoms with van der Waals surface area (Å²) in [5.74, 6) is 0.709. The average Bonchev–Trinajstić information content (AvgIpc) is 2.78. The van der Waals surface area contributed by atoms with Gasteiger partial charge in [-0.2, -0.15) is 0 Å². The number of benzene rings is 1. The fourth-order valence-electron chi connectivity index (χ4n) is 1.99. The highest BCUT2D eigenvalue weighted by Crippen LogP contribution is 2.17. The maximum absolute atomic E-state index is 11.8. The molecule has 0 spiro atoms. The number of hydrogen-bond donors (Lipinski definition) is 2. The number of hydrogen-bond acceptors (Lipinski definition) is 4. The van der Waals surface area contributed by atoms with Crippen LogP contribution in [-0.2, 0) is 9.53 Å². The van der Waals surface area contributed by atoms with Gasteiger partial charge >= 0.3 is 0 Å². The van der Waals surface area contributed by atoms with Gasteiger partial charge in [-0.15, -0.1) is 0 Å². The van der Waals surface area contributed by atoms with Crippen molar-refractivity contribution in [1.82, 2.24) is 5.32 Å². The van der Waals surface area contributed by atoms with Crippen molar-refractivity contribution in [3.05, 3.63) is 24.3 Å². The Kier molecular flexibility index (Phi) is 4.27. The first kappa shape index (κ1) is 13.7. The standard InChI is InChI=1S/C14H20N2O3/c1-14(7-9-18-10-14)16-13(17)6-8-19-12-4-2-11(15)3-5-12/h2-5H,6-10,15H2,1H3,(H,16,17). The minimum Gasteiger partial charge on any atom is -0.493 e. The lowest BCUT2D eigenvalue weighted by Crippen LogP contribution is -2.46. The number of carbonyl (C=O) groups excluding carboxylic acids is 1. The zero-order chi connectivity index (χ0) is 13.7. The number of nitrogens with two attached hydrogens (primary N) is 1. The average molecular weight is 264 g/mol. The van der Waals surface area contributed by atoms with E-state index in [9.17, 15) is 4.79 Å². The van der Waals surface area contributed by atoms with Gasteiger partial charge in [0.1, 0.15) is 5.75 Å². The van der Waals surface area contributed by atoms with Gasteiger partial charge in [-0.1, -0.05) is 0 Å². The van der Waals surface area contributed by atoms with Gasteiger partial charge < -0.3 is 20.5 Å². The quantitative estimate of drug-likeness (QED) is 0.787. The van der Waals surface area contributed by atoms with Gasteiger partial charge in [0.15, 0.2) is 0 Å². The molecule has 5 nitrogen and oxygen atoms in total. The number of ether oxygens (including phenoxy) is 2. The Bertz CT molecular complexity index is 425. The molecular weight excluding hydrogens is 244 g/mol. The predicted molar refractivity (Wildman–Crippen MR) is 73.0 cm³/mol.